The molecule has 0 heterocycles. The molecule has 9 nitrogen and oxygen atoms in total. The molecule has 1 amide bonds. The molecule has 0 saturated carbocycles. The molecule has 0 aliphatic carbocycles. The number of Topliss-reactive ketones (excluding diaryl/α,β-unsaturated/α-hetero) is 1. The second-order valence-electron chi connectivity index (χ2n) is 11.8. The molecule has 2 N–H and O–H groups in total. The topological polar surface area (TPSA) is 128 Å². The summed E-state index contributed by atoms with van der Waals surface area (Å²) in [5.41, 5.74) is -0.692. The molecule has 246 valence electrons. The fraction of sp³-hybridized carbons (Fsp3) is 0.875. The number of ketones is 1. The summed E-state index contributed by atoms with van der Waals surface area (Å²) in [7, 11) is 0. The van der Waals surface area contributed by atoms with E-state index in [1.807, 2.05) is 0 Å². The second kappa shape index (κ2) is 26.9. The van der Waals surface area contributed by atoms with Crippen LogP contribution in [0.5, 0.6) is 0 Å². The lowest BCUT2D eigenvalue weighted by atomic mass is 10.0. The molecule has 0 saturated heterocycles. The molecular formula is C32H59NO8S. The molecule has 0 aliphatic rings. The average molecular weight is 618 g/mol. The summed E-state index contributed by atoms with van der Waals surface area (Å²) in [4.78, 5) is 48.0. The molecule has 0 rings (SSSR count). The van der Waals surface area contributed by atoms with Crippen LogP contribution in [0.1, 0.15) is 130 Å². The van der Waals surface area contributed by atoms with Crippen molar-refractivity contribution in [2.45, 2.75) is 142 Å². The minimum absolute atomic E-state index is 0.0197. The number of aliphatic carboxylic acids is 1. The van der Waals surface area contributed by atoms with E-state index in [9.17, 15) is 19.2 Å². The molecule has 42 heavy (non-hydrogen) atoms. The quantitative estimate of drug-likeness (QED) is 0.0714. The number of carbonyl (C=O) groups is 4. The number of rotatable bonds is 29. The van der Waals surface area contributed by atoms with Crippen molar-refractivity contribution in [1.82, 2.24) is 5.32 Å². The first-order chi connectivity index (χ1) is 20.0. The van der Waals surface area contributed by atoms with Gasteiger partial charge in [0.15, 0.2) is 0 Å². The smallest absolute Gasteiger partial charge is 0.329 e. The van der Waals surface area contributed by atoms with Gasteiger partial charge in [-0.15, -0.1) is 0 Å². The van der Waals surface area contributed by atoms with E-state index in [-0.39, 0.29) is 44.4 Å². The van der Waals surface area contributed by atoms with Gasteiger partial charge in [0.1, 0.15) is 24.0 Å². The first-order valence-corrected chi connectivity index (χ1v) is 17.2. The van der Waals surface area contributed by atoms with E-state index >= 15 is 0 Å². The van der Waals surface area contributed by atoms with Crippen molar-refractivity contribution in [3.8, 4) is 0 Å². The number of carboxylic acid groups (broad SMARTS) is 1. The van der Waals surface area contributed by atoms with Gasteiger partial charge in [-0.3, -0.25) is 9.59 Å². The lowest BCUT2D eigenvalue weighted by Crippen LogP contribution is -2.44. The largest absolute Gasteiger partial charge is 0.480 e. The van der Waals surface area contributed by atoms with Crippen molar-refractivity contribution >= 4 is 35.4 Å². The highest BCUT2D eigenvalue weighted by Crippen LogP contribution is 2.15. The number of hydrogen-bond donors (Lipinski definition) is 2. The fourth-order valence-electron chi connectivity index (χ4n) is 4.18. The third-order valence-electron chi connectivity index (χ3n) is 6.41. The van der Waals surface area contributed by atoms with Crippen molar-refractivity contribution in [1.29, 1.82) is 0 Å². The van der Waals surface area contributed by atoms with Gasteiger partial charge in [-0.05, 0) is 64.4 Å². The zero-order chi connectivity index (χ0) is 31.5. The summed E-state index contributed by atoms with van der Waals surface area (Å²) < 4.78 is 15.7. The lowest BCUT2D eigenvalue weighted by Gasteiger charge is -2.24. The number of hydrogen-bond acceptors (Lipinski definition) is 8. The number of carbonyl (C=O) groups excluding carboxylic acids is 3. The Morgan fingerprint density at radius 2 is 1.33 bits per heavy atom. The normalized spacial score (nSPS) is 12.2. The Balaban J connectivity index is 4.14. The molecule has 0 fully saturated rings. The number of ether oxygens (including phenoxy) is 3. The number of carboxylic acids is 1. The van der Waals surface area contributed by atoms with Crippen LogP contribution in [0.15, 0.2) is 0 Å². The summed E-state index contributed by atoms with van der Waals surface area (Å²) >= 11 is 2.06. The average Bonchev–Trinajstić information content (AvgIpc) is 2.91. The number of esters is 1. The van der Waals surface area contributed by atoms with E-state index in [1.165, 1.54) is 62.9 Å². The standard InChI is InChI=1S/C32H59NO8S/c1-5-6-7-8-11-14-24-42-25-15-12-9-10-13-18-29(35)33-28(31(38)41-32(2,3)4)20-19-27(34)17-16-21-39-22-23-40-26-30(36)37/h28H,5-26H2,1-4H3,(H,33,35)(H,36,37). The van der Waals surface area contributed by atoms with Crippen LogP contribution >= 0.6 is 11.8 Å². The summed E-state index contributed by atoms with van der Waals surface area (Å²) in [5, 5.41) is 11.3. The molecule has 0 aliphatic heterocycles. The second-order valence-corrected chi connectivity index (χ2v) is 13.0. The highest BCUT2D eigenvalue weighted by molar-refractivity contribution is 7.99. The lowest BCUT2D eigenvalue weighted by molar-refractivity contribution is -0.159. The first kappa shape index (κ1) is 40.4. The van der Waals surface area contributed by atoms with Gasteiger partial charge in [-0.25, -0.2) is 9.59 Å². The van der Waals surface area contributed by atoms with Crippen molar-refractivity contribution in [2.75, 3.05) is 37.9 Å². The predicted molar refractivity (Wildman–Crippen MR) is 169 cm³/mol. The third kappa shape index (κ3) is 28.5. The monoisotopic (exact) mass is 617 g/mol. The summed E-state index contributed by atoms with van der Waals surface area (Å²) in [6.07, 6.45) is 14.8. The van der Waals surface area contributed by atoms with Crippen molar-refractivity contribution < 1.29 is 38.5 Å². The van der Waals surface area contributed by atoms with Gasteiger partial charge in [0.05, 0.1) is 13.2 Å². The van der Waals surface area contributed by atoms with E-state index in [2.05, 4.69) is 24.0 Å². The number of nitrogens with one attached hydrogen (secondary N) is 1. The van der Waals surface area contributed by atoms with E-state index in [0.29, 0.717) is 25.9 Å². The fourth-order valence-corrected chi connectivity index (χ4v) is 5.20. The Morgan fingerprint density at radius 1 is 0.738 bits per heavy atom. The first-order valence-electron chi connectivity index (χ1n) is 16.0. The van der Waals surface area contributed by atoms with Gasteiger partial charge in [0, 0.05) is 25.9 Å². The Hall–Kier alpha value is -1.65. The Kier molecular flexibility index (Phi) is 25.9. The van der Waals surface area contributed by atoms with Gasteiger partial charge < -0.3 is 24.6 Å². The number of unbranched alkanes of at least 4 members (excludes halogenated alkanes) is 9. The maximum atomic E-state index is 12.7. The Labute approximate surface area is 259 Å². The van der Waals surface area contributed by atoms with Crippen molar-refractivity contribution in [3.63, 3.8) is 0 Å². The van der Waals surface area contributed by atoms with E-state index in [0.717, 1.165) is 19.3 Å². The Morgan fingerprint density at radius 3 is 1.95 bits per heavy atom. The van der Waals surface area contributed by atoms with E-state index < -0.39 is 23.6 Å². The van der Waals surface area contributed by atoms with Crippen LogP contribution in [-0.2, 0) is 33.4 Å². The van der Waals surface area contributed by atoms with Crippen LogP contribution in [0, 0.1) is 0 Å². The van der Waals surface area contributed by atoms with Crippen LogP contribution in [0.2, 0.25) is 0 Å². The van der Waals surface area contributed by atoms with Crippen LogP contribution in [0.3, 0.4) is 0 Å². The third-order valence-corrected chi connectivity index (χ3v) is 7.57. The molecular weight excluding hydrogens is 558 g/mol. The zero-order valence-corrected chi connectivity index (χ0v) is 27.7. The minimum Gasteiger partial charge on any atom is -0.480 e. The maximum Gasteiger partial charge on any atom is 0.329 e. The molecule has 1 unspecified atom stereocenters. The van der Waals surface area contributed by atoms with Gasteiger partial charge in [-0.2, -0.15) is 11.8 Å². The van der Waals surface area contributed by atoms with E-state index in [4.69, 9.17) is 19.3 Å². The molecule has 0 aromatic rings. The van der Waals surface area contributed by atoms with Gasteiger partial charge in [-0.1, -0.05) is 58.3 Å². The summed E-state index contributed by atoms with van der Waals surface area (Å²) in [6, 6.07) is -0.855. The number of thioether (sulfide) groups is 1. The predicted octanol–water partition coefficient (Wildman–Crippen LogP) is 6.49. The molecule has 1 atom stereocenters. The van der Waals surface area contributed by atoms with Gasteiger partial charge >= 0.3 is 11.9 Å². The zero-order valence-electron chi connectivity index (χ0n) is 26.8. The van der Waals surface area contributed by atoms with Gasteiger partial charge in [0.2, 0.25) is 5.91 Å². The van der Waals surface area contributed by atoms with Crippen LogP contribution in [0.25, 0.3) is 0 Å². The highest BCUT2D eigenvalue weighted by Gasteiger charge is 2.27. The highest BCUT2D eigenvalue weighted by atomic mass is 32.2. The van der Waals surface area contributed by atoms with Crippen molar-refractivity contribution in [2.24, 2.45) is 0 Å². The van der Waals surface area contributed by atoms with Crippen LogP contribution in [-0.4, -0.2) is 78.3 Å². The van der Waals surface area contributed by atoms with Crippen LogP contribution < -0.4 is 5.32 Å². The molecule has 0 spiro atoms. The molecule has 0 aromatic carbocycles. The molecule has 0 radical (unpaired) electrons. The SMILES string of the molecule is CCCCCCCCSCCCCCCCC(=O)NC(CCC(=O)CCCOCCOCC(=O)O)C(=O)OC(C)(C)C. The summed E-state index contributed by atoms with van der Waals surface area (Å²) in [6.45, 7) is 7.99. The molecule has 0 bridgehead atoms. The minimum atomic E-state index is -1.03. The van der Waals surface area contributed by atoms with E-state index in [1.54, 1.807) is 20.8 Å². The maximum absolute atomic E-state index is 12.7. The van der Waals surface area contributed by atoms with Crippen molar-refractivity contribution in [3.05, 3.63) is 0 Å². The van der Waals surface area contributed by atoms with Gasteiger partial charge in [0.25, 0.3) is 0 Å². The Bertz CT molecular complexity index is 726. The number of amides is 1. The molecule has 0 aromatic heterocycles. The molecule has 10 heteroatoms. The summed E-state index contributed by atoms with van der Waals surface area (Å²) in [5.74, 6) is 0.711. The van der Waals surface area contributed by atoms with Crippen LogP contribution in [0.4, 0.5) is 0 Å².